The summed E-state index contributed by atoms with van der Waals surface area (Å²) >= 11 is 0. The zero-order valence-corrected chi connectivity index (χ0v) is 12.2. The molecule has 0 atom stereocenters. The van der Waals surface area contributed by atoms with Gasteiger partial charge in [-0.25, -0.2) is 8.42 Å². The predicted molar refractivity (Wildman–Crippen MR) is 77.0 cm³/mol. The lowest BCUT2D eigenvalue weighted by Crippen LogP contribution is -2.26. The summed E-state index contributed by atoms with van der Waals surface area (Å²) in [7, 11) is -3.48. The average molecular weight is 294 g/mol. The van der Waals surface area contributed by atoms with Gasteiger partial charge in [0.2, 0.25) is 9.84 Å². The molecule has 0 radical (unpaired) electrons. The molecule has 20 heavy (non-hydrogen) atoms. The Morgan fingerprint density at radius 3 is 2.65 bits per heavy atom. The van der Waals surface area contributed by atoms with Gasteiger partial charge in [-0.05, 0) is 49.8 Å². The number of oxazole rings is 1. The van der Waals surface area contributed by atoms with E-state index in [-0.39, 0.29) is 10.5 Å². The molecule has 0 bridgehead atoms. The van der Waals surface area contributed by atoms with E-state index >= 15 is 0 Å². The highest BCUT2D eigenvalue weighted by Crippen LogP contribution is 2.32. The van der Waals surface area contributed by atoms with Crippen LogP contribution in [0.1, 0.15) is 32.6 Å². The summed E-state index contributed by atoms with van der Waals surface area (Å²) in [6.07, 6.45) is 3.25. The first-order valence-electron chi connectivity index (χ1n) is 6.87. The number of hydrogen-bond acceptors (Lipinski definition) is 5. The highest BCUT2D eigenvalue weighted by Gasteiger charge is 2.34. The fourth-order valence-electron chi connectivity index (χ4n) is 2.73. The standard InChI is InChI=1S/C14H18N2O3S/c1-9-2-5-11(6-3-9)20(17,18)14-16-12-8-10(15)4-7-13(12)19-14/h4,7-9,11H,2-3,5-6,15H2,1H3. The Labute approximate surface area is 118 Å². The first kappa shape index (κ1) is 13.4. The fourth-order valence-corrected chi connectivity index (χ4v) is 4.34. The van der Waals surface area contributed by atoms with E-state index in [1.165, 1.54) is 0 Å². The number of fused-ring (bicyclic) bond motifs is 1. The van der Waals surface area contributed by atoms with E-state index in [1.807, 2.05) is 0 Å². The Morgan fingerprint density at radius 2 is 1.95 bits per heavy atom. The fraction of sp³-hybridized carbons (Fsp3) is 0.500. The molecule has 1 aromatic heterocycles. The number of benzene rings is 1. The highest BCUT2D eigenvalue weighted by atomic mass is 32.2. The van der Waals surface area contributed by atoms with Crippen LogP contribution in [0.3, 0.4) is 0 Å². The maximum absolute atomic E-state index is 12.6. The number of anilines is 1. The molecular formula is C14H18N2O3S. The summed E-state index contributed by atoms with van der Waals surface area (Å²) in [5, 5.41) is -0.540. The smallest absolute Gasteiger partial charge is 0.316 e. The van der Waals surface area contributed by atoms with Crippen molar-refractivity contribution in [1.29, 1.82) is 0 Å². The van der Waals surface area contributed by atoms with Crippen molar-refractivity contribution < 1.29 is 12.8 Å². The SMILES string of the molecule is CC1CCC(S(=O)(=O)c2nc3cc(N)ccc3o2)CC1. The van der Waals surface area contributed by atoms with Crippen LogP contribution in [0.25, 0.3) is 11.1 Å². The van der Waals surface area contributed by atoms with Crippen LogP contribution in [-0.2, 0) is 9.84 Å². The Morgan fingerprint density at radius 1 is 1.25 bits per heavy atom. The molecule has 3 rings (SSSR count). The van der Waals surface area contributed by atoms with E-state index in [2.05, 4.69) is 11.9 Å². The van der Waals surface area contributed by atoms with Gasteiger partial charge >= 0.3 is 5.22 Å². The number of hydrogen-bond donors (Lipinski definition) is 1. The van der Waals surface area contributed by atoms with Crippen molar-refractivity contribution >= 4 is 26.6 Å². The molecule has 1 fully saturated rings. The van der Waals surface area contributed by atoms with Crippen molar-refractivity contribution in [1.82, 2.24) is 4.98 Å². The van der Waals surface area contributed by atoms with Crippen LogP contribution < -0.4 is 5.73 Å². The van der Waals surface area contributed by atoms with Gasteiger partial charge in [0.05, 0.1) is 5.25 Å². The predicted octanol–water partition coefficient (Wildman–Crippen LogP) is 2.76. The van der Waals surface area contributed by atoms with E-state index in [0.29, 0.717) is 35.5 Å². The monoisotopic (exact) mass is 294 g/mol. The molecule has 6 heteroatoms. The van der Waals surface area contributed by atoms with Crippen molar-refractivity contribution in [2.75, 3.05) is 5.73 Å². The number of aromatic nitrogens is 1. The molecule has 2 N–H and O–H groups in total. The third kappa shape index (κ3) is 2.28. The Bertz CT molecular complexity index is 728. The summed E-state index contributed by atoms with van der Waals surface area (Å²) in [4.78, 5) is 4.10. The first-order valence-corrected chi connectivity index (χ1v) is 8.41. The van der Waals surface area contributed by atoms with Crippen LogP contribution in [-0.4, -0.2) is 18.7 Å². The molecule has 5 nitrogen and oxygen atoms in total. The number of sulfone groups is 1. The van der Waals surface area contributed by atoms with Crippen LogP contribution in [0.2, 0.25) is 0 Å². The van der Waals surface area contributed by atoms with Gasteiger partial charge in [0.1, 0.15) is 5.52 Å². The molecule has 0 aliphatic heterocycles. The van der Waals surface area contributed by atoms with Crippen LogP contribution >= 0.6 is 0 Å². The average Bonchev–Trinajstić information content (AvgIpc) is 2.83. The topological polar surface area (TPSA) is 86.2 Å². The van der Waals surface area contributed by atoms with E-state index in [9.17, 15) is 8.42 Å². The maximum atomic E-state index is 12.6. The van der Waals surface area contributed by atoms with Gasteiger partial charge in [-0.1, -0.05) is 6.92 Å². The Balaban J connectivity index is 1.96. The van der Waals surface area contributed by atoms with E-state index in [1.54, 1.807) is 18.2 Å². The molecule has 108 valence electrons. The third-order valence-electron chi connectivity index (χ3n) is 4.04. The summed E-state index contributed by atoms with van der Waals surface area (Å²) in [6, 6.07) is 4.95. The zero-order valence-electron chi connectivity index (χ0n) is 11.4. The maximum Gasteiger partial charge on any atom is 0.316 e. The molecule has 1 heterocycles. The lowest BCUT2D eigenvalue weighted by Gasteiger charge is -2.24. The van der Waals surface area contributed by atoms with Crippen molar-refractivity contribution in [2.45, 2.75) is 43.1 Å². The summed E-state index contributed by atoms with van der Waals surface area (Å²) in [5.74, 6) is 0.602. The molecule has 0 spiro atoms. The number of nitrogens with two attached hydrogens (primary N) is 1. The van der Waals surface area contributed by atoms with Crippen LogP contribution in [0.15, 0.2) is 27.8 Å². The van der Waals surface area contributed by atoms with Crippen LogP contribution in [0.5, 0.6) is 0 Å². The highest BCUT2D eigenvalue weighted by molar-refractivity contribution is 7.91. The largest absolute Gasteiger partial charge is 0.428 e. The molecule has 1 aliphatic rings. The van der Waals surface area contributed by atoms with Gasteiger partial charge < -0.3 is 10.2 Å². The molecule has 2 aromatic rings. The van der Waals surface area contributed by atoms with Gasteiger partial charge in [0.25, 0.3) is 0 Å². The second-order valence-electron chi connectivity index (χ2n) is 5.63. The van der Waals surface area contributed by atoms with Crippen molar-refractivity contribution in [3.05, 3.63) is 18.2 Å². The van der Waals surface area contributed by atoms with Crippen molar-refractivity contribution in [2.24, 2.45) is 5.92 Å². The van der Waals surface area contributed by atoms with Gasteiger partial charge in [-0.3, -0.25) is 0 Å². The van der Waals surface area contributed by atoms with Gasteiger partial charge in [0, 0.05) is 5.69 Å². The molecule has 1 aromatic carbocycles. The minimum atomic E-state index is -3.48. The summed E-state index contributed by atoms with van der Waals surface area (Å²) < 4.78 is 30.5. The quantitative estimate of drug-likeness (QED) is 0.861. The lowest BCUT2D eigenvalue weighted by molar-refractivity contribution is 0.374. The van der Waals surface area contributed by atoms with Gasteiger partial charge in [0.15, 0.2) is 5.58 Å². The molecule has 0 unspecified atom stereocenters. The minimum absolute atomic E-state index is 0.169. The molecule has 1 aliphatic carbocycles. The first-order chi connectivity index (χ1) is 9.46. The Hall–Kier alpha value is -1.56. The van der Waals surface area contributed by atoms with Crippen molar-refractivity contribution in [3.63, 3.8) is 0 Å². The summed E-state index contributed by atoms with van der Waals surface area (Å²) in [6.45, 7) is 2.16. The van der Waals surface area contributed by atoms with E-state index in [4.69, 9.17) is 10.2 Å². The number of rotatable bonds is 2. The molecule has 0 saturated heterocycles. The lowest BCUT2D eigenvalue weighted by atomic mass is 9.91. The zero-order chi connectivity index (χ0) is 14.3. The molecular weight excluding hydrogens is 276 g/mol. The second-order valence-corrected chi connectivity index (χ2v) is 7.74. The van der Waals surface area contributed by atoms with E-state index < -0.39 is 9.84 Å². The van der Waals surface area contributed by atoms with Crippen LogP contribution in [0, 0.1) is 5.92 Å². The normalized spacial score (nSPS) is 24.1. The number of nitrogens with zero attached hydrogens (tertiary/aromatic N) is 1. The number of nitrogen functional groups attached to an aromatic ring is 1. The minimum Gasteiger partial charge on any atom is -0.428 e. The van der Waals surface area contributed by atoms with E-state index in [0.717, 1.165) is 12.8 Å². The van der Waals surface area contributed by atoms with Gasteiger partial charge in [-0.2, -0.15) is 4.98 Å². The van der Waals surface area contributed by atoms with Crippen molar-refractivity contribution in [3.8, 4) is 0 Å². The Kier molecular flexibility index (Phi) is 3.20. The molecule has 1 saturated carbocycles. The summed E-state index contributed by atoms with van der Waals surface area (Å²) in [5.41, 5.74) is 7.17. The third-order valence-corrected chi connectivity index (χ3v) is 6.05. The second kappa shape index (κ2) is 4.77. The van der Waals surface area contributed by atoms with Gasteiger partial charge in [-0.15, -0.1) is 0 Å². The molecule has 0 amide bonds. The van der Waals surface area contributed by atoms with Crippen LogP contribution in [0.4, 0.5) is 5.69 Å².